The number of amides is 1. The Balaban J connectivity index is 1.64. The summed E-state index contributed by atoms with van der Waals surface area (Å²) in [5.74, 6) is -0.699. The number of hydrogen-bond acceptors (Lipinski definition) is 6. The van der Waals surface area contributed by atoms with Crippen molar-refractivity contribution in [2.75, 3.05) is 18.2 Å². The smallest absolute Gasteiger partial charge is 0.311 e. The van der Waals surface area contributed by atoms with Crippen molar-refractivity contribution in [3.8, 4) is 0 Å². The zero-order valence-electron chi connectivity index (χ0n) is 15.8. The van der Waals surface area contributed by atoms with Crippen LogP contribution >= 0.6 is 11.8 Å². The number of esters is 1. The second kappa shape index (κ2) is 9.88. The number of carbonyl (C=O) groups excluding carboxylic acids is 2. The molecule has 0 bridgehead atoms. The zero-order chi connectivity index (χ0) is 20.6. The molecule has 0 aromatic heterocycles. The Kier molecular flexibility index (Phi) is 7.02. The van der Waals surface area contributed by atoms with Gasteiger partial charge in [0.05, 0.1) is 35.7 Å². The third kappa shape index (κ3) is 6.18. The summed E-state index contributed by atoms with van der Waals surface area (Å²) < 4.78 is 17.7. The molecular weight excluding hydrogens is 393 g/mol. The largest absolute Gasteiger partial charge is 0.469 e. The third-order valence-corrected chi connectivity index (χ3v) is 4.96. The second-order valence-electron chi connectivity index (χ2n) is 6.21. The number of anilines is 1. The minimum atomic E-state index is -0.371. The molecule has 3 rings (SSSR count). The first-order valence-electron chi connectivity index (χ1n) is 8.89. The number of para-hydroxylation sites is 2. The Morgan fingerprint density at radius 2 is 1.93 bits per heavy atom. The number of ether oxygens (including phenoxy) is 1. The Labute approximate surface area is 172 Å². The van der Waals surface area contributed by atoms with Gasteiger partial charge in [-0.1, -0.05) is 36.0 Å². The highest BCUT2D eigenvalue weighted by molar-refractivity contribution is 8.14. The number of nitrogens with one attached hydrogen (secondary N) is 2. The van der Waals surface area contributed by atoms with E-state index in [2.05, 4.69) is 15.6 Å². The van der Waals surface area contributed by atoms with Gasteiger partial charge in [0.1, 0.15) is 5.82 Å². The fraction of sp³-hybridized carbons (Fsp3) is 0.190. The first kappa shape index (κ1) is 20.6. The molecule has 0 atom stereocenters. The fourth-order valence-electron chi connectivity index (χ4n) is 2.58. The van der Waals surface area contributed by atoms with Crippen LogP contribution in [0.25, 0.3) is 0 Å². The van der Waals surface area contributed by atoms with Gasteiger partial charge >= 0.3 is 5.97 Å². The van der Waals surface area contributed by atoms with Gasteiger partial charge in [-0.25, -0.2) is 9.38 Å². The van der Waals surface area contributed by atoms with Crippen molar-refractivity contribution in [3.63, 3.8) is 0 Å². The highest BCUT2D eigenvalue weighted by Gasteiger charge is 2.15. The first-order chi connectivity index (χ1) is 14.0. The Morgan fingerprint density at radius 3 is 2.69 bits per heavy atom. The number of fused-ring (bicyclic) bond motifs is 1. The number of methoxy groups -OCH3 is 1. The fourth-order valence-corrected chi connectivity index (χ4v) is 3.35. The standard InChI is InChI=1S/C21H20FN3O3S/c1-28-21(27)11-16-10-20(25-18-5-3-2-4-17(18)24-16)29-13-19(26)23-12-14-6-8-15(22)9-7-14/h2-10,24H,11-13H2,1H3,(H,23,26). The van der Waals surface area contributed by atoms with Crippen LogP contribution in [0.15, 0.2) is 65.3 Å². The number of halogens is 1. The summed E-state index contributed by atoms with van der Waals surface area (Å²) in [6.45, 7) is 0.319. The second-order valence-corrected chi connectivity index (χ2v) is 7.20. The summed E-state index contributed by atoms with van der Waals surface area (Å²) in [4.78, 5) is 28.5. The predicted octanol–water partition coefficient (Wildman–Crippen LogP) is 3.78. The molecule has 0 fully saturated rings. The molecule has 0 aliphatic carbocycles. The van der Waals surface area contributed by atoms with Gasteiger partial charge in [0.25, 0.3) is 0 Å². The summed E-state index contributed by atoms with van der Waals surface area (Å²) in [5, 5.41) is 6.60. The number of hydrogen-bond donors (Lipinski definition) is 2. The number of nitrogens with zero attached hydrogens (tertiary/aromatic N) is 1. The highest BCUT2D eigenvalue weighted by atomic mass is 32.2. The van der Waals surface area contributed by atoms with Crippen LogP contribution in [0.5, 0.6) is 0 Å². The van der Waals surface area contributed by atoms with Gasteiger partial charge in [0, 0.05) is 12.2 Å². The number of aliphatic imine (C=N–C) groups is 1. The first-order valence-corrected chi connectivity index (χ1v) is 9.88. The molecule has 0 unspecified atom stereocenters. The molecule has 1 amide bonds. The maximum Gasteiger partial charge on any atom is 0.311 e. The van der Waals surface area contributed by atoms with Gasteiger partial charge in [-0.2, -0.15) is 0 Å². The lowest BCUT2D eigenvalue weighted by molar-refractivity contribution is -0.139. The molecule has 29 heavy (non-hydrogen) atoms. The van der Waals surface area contributed by atoms with E-state index in [1.165, 1.54) is 31.0 Å². The molecule has 2 aromatic carbocycles. The van der Waals surface area contributed by atoms with Crippen LogP contribution in [0.4, 0.5) is 15.8 Å². The minimum Gasteiger partial charge on any atom is -0.469 e. The van der Waals surface area contributed by atoms with E-state index in [1.807, 2.05) is 24.3 Å². The summed E-state index contributed by atoms with van der Waals surface area (Å²) in [6, 6.07) is 13.4. The van der Waals surface area contributed by atoms with Crippen molar-refractivity contribution < 1.29 is 18.7 Å². The lowest BCUT2D eigenvalue weighted by atomic mass is 10.2. The van der Waals surface area contributed by atoms with E-state index in [-0.39, 0.29) is 29.9 Å². The minimum absolute atomic E-state index is 0.0706. The Hall–Kier alpha value is -3.13. The molecule has 2 N–H and O–H groups in total. The maximum absolute atomic E-state index is 12.9. The van der Waals surface area contributed by atoms with Crippen LogP contribution in [0.1, 0.15) is 12.0 Å². The van der Waals surface area contributed by atoms with E-state index in [0.717, 1.165) is 16.9 Å². The van der Waals surface area contributed by atoms with E-state index >= 15 is 0 Å². The summed E-state index contributed by atoms with van der Waals surface area (Å²) in [7, 11) is 1.34. The average Bonchev–Trinajstić information content (AvgIpc) is 2.90. The van der Waals surface area contributed by atoms with Crippen molar-refractivity contribution in [2.45, 2.75) is 13.0 Å². The molecule has 1 aliphatic rings. The van der Waals surface area contributed by atoms with E-state index < -0.39 is 0 Å². The zero-order valence-corrected chi connectivity index (χ0v) is 16.6. The number of benzene rings is 2. The van der Waals surface area contributed by atoms with E-state index in [0.29, 0.717) is 17.3 Å². The van der Waals surface area contributed by atoms with Gasteiger partial charge in [-0.15, -0.1) is 0 Å². The van der Waals surface area contributed by atoms with Crippen LogP contribution in [0.2, 0.25) is 0 Å². The normalized spacial score (nSPS) is 12.6. The highest BCUT2D eigenvalue weighted by Crippen LogP contribution is 2.30. The lowest BCUT2D eigenvalue weighted by Gasteiger charge is -2.09. The monoisotopic (exact) mass is 413 g/mol. The Bertz CT molecular complexity index is 958. The van der Waals surface area contributed by atoms with E-state index in [4.69, 9.17) is 4.74 Å². The third-order valence-electron chi connectivity index (χ3n) is 4.04. The van der Waals surface area contributed by atoms with Crippen molar-refractivity contribution >= 4 is 40.1 Å². The summed E-state index contributed by atoms with van der Waals surface area (Å²) in [5.41, 5.74) is 2.95. The molecular formula is C21H20FN3O3S. The van der Waals surface area contributed by atoms with Crippen LogP contribution in [0, 0.1) is 5.82 Å². The topological polar surface area (TPSA) is 79.8 Å². The number of rotatable bonds is 6. The van der Waals surface area contributed by atoms with Crippen LogP contribution in [-0.2, 0) is 20.9 Å². The van der Waals surface area contributed by atoms with Gasteiger partial charge < -0.3 is 15.4 Å². The summed E-state index contributed by atoms with van der Waals surface area (Å²) in [6.07, 6.45) is 1.82. The molecule has 0 spiro atoms. The molecule has 8 heteroatoms. The van der Waals surface area contributed by atoms with Gasteiger partial charge in [-0.05, 0) is 35.9 Å². The van der Waals surface area contributed by atoms with Crippen LogP contribution in [-0.4, -0.2) is 29.8 Å². The summed E-state index contributed by atoms with van der Waals surface area (Å²) >= 11 is 1.27. The van der Waals surface area contributed by atoms with Crippen molar-refractivity contribution in [1.29, 1.82) is 0 Å². The van der Waals surface area contributed by atoms with Crippen LogP contribution < -0.4 is 10.6 Å². The van der Waals surface area contributed by atoms with Crippen molar-refractivity contribution in [3.05, 3.63) is 71.7 Å². The molecule has 0 saturated carbocycles. The van der Waals surface area contributed by atoms with E-state index in [1.54, 1.807) is 18.2 Å². The van der Waals surface area contributed by atoms with Crippen LogP contribution in [0.3, 0.4) is 0 Å². The quantitative estimate of drug-likeness (QED) is 0.705. The molecule has 0 radical (unpaired) electrons. The Morgan fingerprint density at radius 1 is 1.17 bits per heavy atom. The van der Waals surface area contributed by atoms with Crippen molar-refractivity contribution in [1.82, 2.24) is 5.32 Å². The SMILES string of the molecule is COC(=O)CC1=CC(SCC(=O)NCc2ccc(F)cc2)=Nc2ccccc2N1. The van der Waals surface area contributed by atoms with Gasteiger partial charge in [-0.3, -0.25) is 9.59 Å². The lowest BCUT2D eigenvalue weighted by Crippen LogP contribution is -2.25. The molecule has 1 aliphatic heterocycles. The van der Waals surface area contributed by atoms with Gasteiger partial charge in [0.2, 0.25) is 5.91 Å². The number of carbonyl (C=O) groups is 2. The van der Waals surface area contributed by atoms with Gasteiger partial charge in [0.15, 0.2) is 0 Å². The van der Waals surface area contributed by atoms with E-state index in [9.17, 15) is 14.0 Å². The molecule has 150 valence electrons. The average molecular weight is 413 g/mol. The number of thioether (sulfide) groups is 1. The molecule has 2 aromatic rings. The maximum atomic E-state index is 12.9. The molecule has 1 heterocycles. The predicted molar refractivity (Wildman–Crippen MR) is 113 cm³/mol. The van der Waals surface area contributed by atoms with Crippen molar-refractivity contribution in [2.24, 2.45) is 4.99 Å². The molecule has 6 nitrogen and oxygen atoms in total. The molecule has 0 saturated heterocycles.